The summed E-state index contributed by atoms with van der Waals surface area (Å²) in [5.41, 5.74) is 9.02. The average molecular weight is 607 g/mol. The molecular formula is C37H34N8O. The van der Waals surface area contributed by atoms with E-state index in [4.69, 9.17) is 9.72 Å². The molecule has 0 unspecified atom stereocenters. The zero-order valence-corrected chi connectivity index (χ0v) is 25.9. The smallest absolute Gasteiger partial charge is 0.165 e. The first-order valence-corrected chi connectivity index (χ1v) is 15.7. The Morgan fingerprint density at radius 2 is 1.65 bits per heavy atom. The van der Waals surface area contributed by atoms with Gasteiger partial charge in [0, 0.05) is 46.8 Å². The third-order valence-electron chi connectivity index (χ3n) is 8.92. The molecule has 0 saturated carbocycles. The number of hydrogen-bond acceptors (Lipinski definition) is 7. The Hall–Kier alpha value is -5.41. The fourth-order valence-corrected chi connectivity index (χ4v) is 6.46. The number of aryl methyl sites for hydroxylation is 1. The van der Waals surface area contributed by atoms with Crippen LogP contribution in [0, 0.1) is 6.92 Å². The molecule has 1 saturated heterocycles. The highest BCUT2D eigenvalue weighted by atomic mass is 16.5. The van der Waals surface area contributed by atoms with Crippen molar-refractivity contribution in [2.45, 2.75) is 32.2 Å². The van der Waals surface area contributed by atoms with Crippen molar-refractivity contribution >= 4 is 16.7 Å². The number of aromatic amines is 1. The maximum atomic E-state index is 5.37. The van der Waals surface area contributed by atoms with Crippen molar-refractivity contribution in [2.75, 3.05) is 20.2 Å². The molecule has 0 bridgehead atoms. The third kappa shape index (κ3) is 5.39. The normalized spacial score (nSPS) is 14.3. The molecule has 0 amide bonds. The van der Waals surface area contributed by atoms with E-state index >= 15 is 0 Å². The fourth-order valence-electron chi connectivity index (χ4n) is 6.46. The van der Waals surface area contributed by atoms with Gasteiger partial charge in [0.05, 0.1) is 18.5 Å². The molecule has 46 heavy (non-hydrogen) atoms. The molecule has 1 aliphatic heterocycles. The van der Waals surface area contributed by atoms with Crippen LogP contribution in [0.2, 0.25) is 0 Å². The Morgan fingerprint density at radius 1 is 0.848 bits per heavy atom. The summed E-state index contributed by atoms with van der Waals surface area (Å²) in [4.78, 5) is 15.8. The minimum atomic E-state index is 0.376. The van der Waals surface area contributed by atoms with Gasteiger partial charge in [0.15, 0.2) is 17.1 Å². The van der Waals surface area contributed by atoms with Gasteiger partial charge in [-0.2, -0.15) is 9.61 Å². The number of benzene rings is 3. The fraction of sp³-hybridized carbons (Fsp3) is 0.216. The number of aromatic nitrogens is 7. The predicted molar refractivity (Wildman–Crippen MR) is 180 cm³/mol. The molecule has 3 aromatic carbocycles. The number of hydrogen-bond donors (Lipinski definition) is 1. The quantitative estimate of drug-likeness (QED) is 0.207. The zero-order chi connectivity index (χ0) is 31.0. The van der Waals surface area contributed by atoms with E-state index in [0.29, 0.717) is 5.92 Å². The number of nitrogens with one attached hydrogen (secondary N) is 1. The molecular weight excluding hydrogens is 572 g/mol. The average Bonchev–Trinajstić information content (AvgIpc) is 3.76. The van der Waals surface area contributed by atoms with Crippen molar-refractivity contribution < 1.29 is 4.74 Å². The Kier molecular flexibility index (Phi) is 7.23. The van der Waals surface area contributed by atoms with Crippen molar-refractivity contribution in [2.24, 2.45) is 0 Å². The molecule has 0 radical (unpaired) electrons. The van der Waals surface area contributed by atoms with Crippen LogP contribution in [0.1, 0.15) is 35.8 Å². The van der Waals surface area contributed by atoms with Crippen LogP contribution in [0.4, 0.5) is 0 Å². The van der Waals surface area contributed by atoms with Crippen LogP contribution in [-0.4, -0.2) is 59.9 Å². The number of pyridine rings is 1. The van der Waals surface area contributed by atoms with Crippen LogP contribution in [0.15, 0.2) is 97.2 Å². The van der Waals surface area contributed by atoms with Gasteiger partial charge >= 0.3 is 0 Å². The molecule has 9 heteroatoms. The highest BCUT2D eigenvalue weighted by Gasteiger charge is 2.24. The number of methoxy groups -OCH3 is 1. The molecule has 5 heterocycles. The summed E-state index contributed by atoms with van der Waals surface area (Å²) in [6.07, 6.45) is 3.98. The summed E-state index contributed by atoms with van der Waals surface area (Å²) in [5.74, 6) is 2.94. The second-order valence-electron chi connectivity index (χ2n) is 12.0. The maximum absolute atomic E-state index is 5.37. The topological polar surface area (TPSA) is 97.1 Å². The Morgan fingerprint density at radius 3 is 2.46 bits per heavy atom. The van der Waals surface area contributed by atoms with Crippen LogP contribution in [-0.2, 0) is 6.54 Å². The van der Waals surface area contributed by atoms with Gasteiger partial charge in [0.2, 0.25) is 0 Å². The molecule has 0 aliphatic carbocycles. The van der Waals surface area contributed by atoms with Gasteiger partial charge in [-0.1, -0.05) is 66.7 Å². The summed E-state index contributed by atoms with van der Waals surface area (Å²) in [7, 11) is 1.67. The lowest BCUT2D eigenvalue weighted by molar-refractivity contribution is 0.202. The molecule has 0 spiro atoms. The number of nitrogens with zero attached hydrogens (tertiary/aromatic N) is 7. The van der Waals surface area contributed by atoms with Gasteiger partial charge in [-0.05, 0) is 62.2 Å². The van der Waals surface area contributed by atoms with Crippen molar-refractivity contribution in [3.63, 3.8) is 0 Å². The lowest BCUT2D eigenvalue weighted by Crippen LogP contribution is -2.32. The van der Waals surface area contributed by atoms with E-state index in [1.54, 1.807) is 7.11 Å². The summed E-state index contributed by atoms with van der Waals surface area (Å²) in [6, 6.07) is 31.4. The minimum Gasteiger partial charge on any atom is -0.497 e. The van der Waals surface area contributed by atoms with Crippen molar-refractivity contribution in [1.29, 1.82) is 0 Å². The van der Waals surface area contributed by atoms with E-state index in [-0.39, 0.29) is 0 Å². The first-order chi connectivity index (χ1) is 22.6. The molecule has 9 nitrogen and oxygen atoms in total. The van der Waals surface area contributed by atoms with Crippen LogP contribution in [0.5, 0.6) is 5.75 Å². The maximum Gasteiger partial charge on any atom is 0.165 e. The van der Waals surface area contributed by atoms with Crippen LogP contribution in [0.3, 0.4) is 0 Å². The monoisotopic (exact) mass is 606 g/mol. The number of likely N-dealkylation sites (tertiary alicyclic amines) is 1. The van der Waals surface area contributed by atoms with E-state index in [0.717, 1.165) is 100 Å². The standard InChI is InChI=1S/C37H34N8O/c1-24-19-33-38-22-30-21-32(26-7-4-3-5-8-26)34(39-37(30)45(33)43-24)27-13-11-25(12-14-27)23-44-17-15-28(16-18-44)35-40-36(42-41-35)29-9-6-10-31(20-29)46-2/h3-14,19-22,28H,15-18,23H2,1-2H3,(H,40,41,42). The molecule has 1 aliphatic rings. The largest absolute Gasteiger partial charge is 0.497 e. The van der Waals surface area contributed by atoms with Gasteiger partial charge in [0.25, 0.3) is 0 Å². The number of fused-ring (bicyclic) bond motifs is 3. The van der Waals surface area contributed by atoms with E-state index in [1.807, 2.05) is 54.0 Å². The molecule has 8 rings (SSSR count). The lowest BCUT2D eigenvalue weighted by Gasteiger charge is -2.30. The van der Waals surface area contributed by atoms with Crippen LogP contribution in [0.25, 0.3) is 50.5 Å². The van der Waals surface area contributed by atoms with E-state index < -0.39 is 0 Å². The van der Waals surface area contributed by atoms with Crippen molar-refractivity contribution in [3.05, 3.63) is 114 Å². The molecule has 7 aromatic rings. The SMILES string of the molecule is COc1cccc(-c2nnc(C3CCN(Cc4ccc(-c5nc6c(cnc7cc(C)nn76)cc5-c5ccccc5)cc4)CC3)[nH]2)c1. The summed E-state index contributed by atoms with van der Waals surface area (Å²) in [6.45, 7) is 4.92. The Bertz CT molecular complexity index is 2140. The first kappa shape index (κ1) is 28.1. The number of ether oxygens (including phenoxy) is 1. The van der Waals surface area contributed by atoms with Gasteiger partial charge in [-0.25, -0.2) is 9.97 Å². The van der Waals surface area contributed by atoms with Gasteiger partial charge in [-0.3, -0.25) is 4.90 Å². The minimum absolute atomic E-state index is 0.376. The van der Waals surface area contributed by atoms with Crippen LogP contribution >= 0.6 is 0 Å². The van der Waals surface area contributed by atoms with Crippen molar-refractivity contribution in [3.8, 4) is 39.5 Å². The zero-order valence-electron chi connectivity index (χ0n) is 25.9. The van der Waals surface area contributed by atoms with E-state index in [1.165, 1.54) is 5.56 Å². The molecule has 4 aromatic heterocycles. The van der Waals surface area contributed by atoms with Crippen molar-refractivity contribution in [1.82, 2.24) is 39.7 Å². The predicted octanol–water partition coefficient (Wildman–Crippen LogP) is 7.09. The first-order valence-electron chi connectivity index (χ1n) is 15.7. The molecule has 0 atom stereocenters. The second kappa shape index (κ2) is 11.8. The molecule has 228 valence electrons. The number of H-pyrrole nitrogens is 1. The second-order valence-corrected chi connectivity index (χ2v) is 12.0. The number of piperidine rings is 1. The lowest BCUT2D eigenvalue weighted by atomic mass is 9.95. The van der Waals surface area contributed by atoms with E-state index in [2.05, 4.69) is 84.8 Å². The summed E-state index contributed by atoms with van der Waals surface area (Å²) < 4.78 is 7.21. The highest BCUT2D eigenvalue weighted by molar-refractivity contribution is 5.90. The molecule has 1 N–H and O–H groups in total. The van der Waals surface area contributed by atoms with Gasteiger partial charge in [-0.15, -0.1) is 10.2 Å². The molecule has 1 fully saturated rings. The van der Waals surface area contributed by atoms with Gasteiger partial charge in [0.1, 0.15) is 11.6 Å². The van der Waals surface area contributed by atoms with Crippen LogP contribution < -0.4 is 4.74 Å². The Balaban J connectivity index is 0.997. The summed E-state index contributed by atoms with van der Waals surface area (Å²) in [5, 5.41) is 14.6. The van der Waals surface area contributed by atoms with Gasteiger partial charge < -0.3 is 9.72 Å². The van der Waals surface area contributed by atoms with E-state index in [9.17, 15) is 0 Å². The highest BCUT2D eigenvalue weighted by Crippen LogP contribution is 2.34. The Labute approximate surface area is 266 Å². The summed E-state index contributed by atoms with van der Waals surface area (Å²) >= 11 is 0. The number of rotatable bonds is 7. The third-order valence-corrected chi connectivity index (χ3v) is 8.92.